The van der Waals surface area contributed by atoms with Crippen molar-refractivity contribution in [2.75, 3.05) is 28.4 Å². The average molecular weight is 817 g/mol. The van der Waals surface area contributed by atoms with Crippen LogP contribution in [0, 0.1) is 0 Å². The Morgan fingerprint density at radius 1 is 0.393 bits per heavy atom. The minimum atomic E-state index is 0.721. The van der Waals surface area contributed by atoms with Crippen LogP contribution in [0.2, 0.25) is 0 Å². The van der Waals surface area contributed by atoms with Crippen LogP contribution >= 0.6 is 11.3 Å². The second-order valence-corrected chi connectivity index (χ2v) is 14.9. The number of aromatic nitrogens is 2. The molecule has 0 radical (unpaired) electrons. The molecular weight excluding hydrogens is 773 g/mol. The van der Waals surface area contributed by atoms with Crippen molar-refractivity contribution in [2.45, 2.75) is 0 Å². The van der Waals surface area contributed by atoms with Gasteiger partial charge in [-0.05, 0) is 76.7 Å². The highest BCUT2D eigenvalue weighted by Gasteiger charge is 2.13. The van der Waals surface area contributed by atoms with E-state index in [-0.39, 0.29) is 0 Å². The molecule has 0 unspecified atom stereocenters. The summed E-state index contributed by atoms with van der Waals surface area (Å²) in [6.45, 7) is 0. The molecule has 0 saturated carbocycles. The van der Waals surface area contributed by atoms with Crippen LogP contribution < -0.4 is 18.9 Å². The number of thiophene rings is 1. The second-order valence-electron chi connectivity index (χ2n) is 14.0. The van der Waals surface area contributed by atoms with Gasteiger partial charge >= 0.3 is 0 Å². The van der Waals surface area contributed by atoms with Gasteiger partial charge in [-0.2, -0.15) is 0 Å². The van der Waals surface area contributed by atoms with Gasteiger partial charge in [0, 0.05) is 61.1 Å². The third-order valence-electron chi connectivity index (χ3n) is 10.4. The largest absolute Gasteiger partial charge is 0.497 e. The first-order valence-corrected chi connectivity index (χ1v) is 20.7. The highest BCUT2D eigenvalue weighted by Crippen LogP contribution is 2.39. The van der Waals surface area contributed by atoms with Gasteiger partial charge in [-0.3, -0.25) is 9.97 Å². The number of hydrogen-bond acceptors (Lipinski definition) is 7. The molecule has 10 aromatic rings. The number of nitrogens with zero attached hydrogens (tertiary/aromatic N) is 2. The number of rotatable bonds is 8. The zero-order valence-corrected chi connectivity index (χ0v) is 35.2. The molecule has 0 bridgehead atoms. The normalized spacial score (nSPS) is 10.6. The summed E-state index contributed by atoms with van der Waals surface area (Å²) in [5.74, 6) is 3.11. The van der Waals surface area contributed by atoms with Gasteiger partial charge < -0.3 is 18.9 Å². The van der Waals surface area contributed by atoms with E-state index in [1.165, 1.54) is 37.7 Å². The quantitative estimate of drug-likeness (QED) is 0.152. The number of methoxy groups -OCH3 is 4. The predicted octanol–water partition coefficient (Wildman–Crippen LogP) is 14.1. The maximum absolute atomic E-state index is 5.48. The second kappa shape index (κ2) is 19.1. The van der Waals surface area contributed by atoms with Gasteiger partial charge in [-0.1, -0.05) is 121 Å². The summed E-state index contributed by atoms with van der Waals surface area (Å²) in [5, 5.41) is 5.82. The summed E-state index contributed by atoms with van der Waals surface area (Å²) in [5.41, 5.74) is 11.0. The van der Waals surface area contributed by atoms with Gasteiger partial charge in [0.05, 0.1) is 39.5 Å². The lowest BCUT2D eigenvalue weighted by Crippen LogP contribution is -1.93. The van der Waals surface area contributed by atoms with Crippen molar-refractivity contribution in [3.8, 4) is 67.5 Å². The van der Waals surface area contributed by atoms with Crippen LogP contribution in [-0.2, 0) is 0 Å². The van der Waals surface area contributed by atoms with Gasteiger partial charge in [-0.15, -0.1) is 11.3 Å². The maximum atomic E-state index is 5.48. The van der Waals surface area contributed by atoms with Crippen LogP contribution in [0.5, 0.6) is 23.0 Å². The van der Waals surface area contributed by atoms with E-state index in [0.717, 1.165) is 61.7 Å². The Hall–Kier alpha value is -7.48. The smallest absolute Gasteiger partial charge is 0.168 e. The lowest BCUT2D eigenvalue weighted by atomic mass is 9.99. The van der Waals surface area contributed by atoms with E-state index in [2.05, 4.69) is 106 Å². The summed E-state index contributed by atoms with van der Waals surface area (Å²) >= 11 is 1.79. The molecule has 0 N–H and O–H groups in total. The topological polar surface area (TPSA) is 62.7 Å². The van der Waals surface area contributed by atoms with E-state index in [4.69, 9.17) is 18.9 Å². The Labute approximate surface area is 360 Å². The first kappa shape index (κ1) is 40.3. The molecule has 0 saturated heterocycles. The molecule has 0 fully saturated rings. The zero-order chi connectivity index (χ0) is 42.0. The molecule has 0 aliphatic heterocycles. The van der Waals surface area contributed by atoms with Crippen molar-refractivity contribution in [2.24, 2.45) is 0 Å². The fourth-order valence-corrected chi connectivity index (χ4v) is 8.23. The van der Waals surface area contributed by atoms with Crippen LogP contribution in [0.15, 0.2) is 194 Å². The van der Waals surface area contributed by atoms with Crippen molar-refractivity contribution in [1.82, 2.24) is 9.97 Å². The van der Waals surface area contributed by atoms with Crippen molar-refractivity contribution in [3.05, 3.63) is 194 Å². The minimum Gasteiger partial charge on any atom is -0.497 e. The summed E-state index contributed by atoms with van der Waals surface area (Å²) in [7, 11) is 6.64. The summed E-state index contributed by atoms with van der Waals surface area (Å²) in [6.07, 6.45) is 3.83. The van der Waals surface area contributed by atoms with E-state index >= 15 is 0 Å². The van der Waals surface area contributed by atoms with Gasteiger partial charge in [0.1, 0.15) is 11.5 Å². The molecule has 0 atom stereocenters. The lowest BCUT2D eigenvalue weighted by Gasteiger charge is -2.12. The van der Waals surface area contributed by atoms with Crippen molar-refractivity contribution < 1.29 is 18.9 Å². The lowest BCUT2D eigenvalue weighted by molar-refractivity contribution is 0.356. The fraction of sp³-hybridized carbons (Fsp3) is 0.0741. The number of pyridine rings is 2. The minimum absolute atomic E-state index is 0.721. The number of ether oxygens (including phenoxy) is 4. The van der Waals surface area contributed by atoms with E-state index in [0.29, 0.717) is 0 Å². The van der Waals surface area contributed by atoms with Crippen molar-refractivity contribution >= 4 is 43.2 Å². The van der Waals surface area contributed by atoms with Crippen LogP contribution in [0.3, 0.4) is 0 Å². The van der Waals surface area contributed by atoms with Gasteiger partial charge in [-0.25, -0.2) is 0 Å². The average Bonchev–Trinajstić information content (AvgIpc) is 3.78. The Morgan fingerprint density at radius 3 is 1.64 bits per heavy atom. The molecule has 61 heavy (non-hydrogen) atoms. The molecule has 6 nitrogen and oxygen atoms in total. The Kier molecular flexibility index (Phi) is 12.6. The summed E-state index contributed by atoms with van der Waals surface area (Å²) in [6, 6.07) is 59.6. The van der Waals surface area contributed by atoms with Gasteiger partial charge in [0.15, 0.2) is 11.5 Å². The molecule has 0 aliphatic carbocycles. The Bertz CT molecular complexity index is 3040. The van der Waals surface area contributed by atoms with Crippen molar-refractivity contribution in [3.63, 3.8) is 0 Å². The maximum Gasteiger partial charge on any atom is 0.168 e. The summed E-state index contributed by atoms with van der Waals surface area (Å²) in [4.78, 5) is 9.04. The first-order valence-electron chi connectivity index (χ1n) is 19.8. The Balaban J connectivity index is 0.000000127. The van der Waals surface area contributed by atoms with E-state index in [1.807, 2.05) is 97.3 Å². The van der Waals surface area contributed by atoms with E-state index < -0.39 is 0 Å². The van der Waals surface area contributed by atoms with Crippen LogP contribution in [0.1, 0.15) is 0 Å². The summed E-state index contributed by atoms with van der Waals surface area (Å²) < 4.78 is 22.9. The highest BCUT2D eigenvalue weighted by atomic mass is 32.1. The van der Waals surface area contributed by atoms with Gasteiger partial charge in [0.25, 0.3) is 0 Å². The molecule has 0 aliphatic rings. The number of hydrogen-bond donors (Lipinski definition) is 0. The number of para-hydroxylation sites is 3. The SMILES string of the molecule is COc1ccc(OC)c(-c2ccc(-c3ccccc3)cc2)c1.COc1cccc(-c2cnc3ccccc3c2)c1OC.c1ccc2ncc(-c3csc4ccccc34)cc2c1. The number of benzene rings is 7. The molecule has 0 spiro atoms. The number of fused-ring (bicyclic) bond motifs is 3. The molecule has 10 rings (SSSR count). The third-order valence-corrected chi connectivity index (χ3v) is 11.4. The molecule has 300 valence electrons. The Morgan fingerprint density at radius 2 is 0.984 bits per heavy atom. The third kappa shape index (κ3) is 9.08. The van der Waals surface area contributed by atoms with Crippen molar-refractivity contribution in [1.29, 1.82) is 0 Å². The predicted molar refractivity (Wildman–Crippen MR) is 253 cm³/mol. The first-order chi connectivity index (χ1) is 30.1. The van der Waals surface area contributed by atoms with Crippen LogP contribution in [0.4, 0.5) is 0 Å². The monoisotopic (exact) mass is 816 g/mol. The zero-order valence-electron chi connectivity index (χ0n) is 34.4. The molecular formula is C54H44N2O4S. The fourth-order valence-electron chi connectivity index (χ4n) is 7.26. The van der Waals surface area contributed by atoms with Gasteiger partial charge in [0.2, 0.25) is 0 Å². The van der Waals surface area contributed by atoms with Crippen LogP contribution in [0.25, 0.3) is 76.4 Å². The molecule has 7 heteroatoms. The van der Waals surface area contributed by atoms with E-state index in [9.17, 15) is 0 Å². The molecule has 0 amide bonds. The van der Waals surface area contributed by atoms with Crippen LogP contribution in [-0.4, -0.2) is 38.4 Å². The molecule has 3 heterocycles. The highest BCUT2D eigenvalue weighted by molar-refractivity contribution is 7.17. The molecule has 7 aromatic carbocycles. The molecule has 3 aromatic heterocycles. The van der Waals surface area contributed by atoms with E-state index in [1.54, 1.807) is 39.8 Å². The standard InChI is InChI=1S/C20H18O2.C17H15NO2.C17H11NS/c1-21-18-12-13-20(22-2)19(14-18)17-10-8-16(9-11-17)15-6-4-3-5-7-15;1-19-16-9-5-7-14(17(16)20-2)13-10-12-6-3-4-8-15(12)18-11-13;1-3-7-16-12(5-1)9-13(10-18-16)15-11-19-17-8-4-2-6-14(15)17/h3-14H,1-2H3;3-11H,1-2H3;1-11H.